The van der Waals surface area contributed by atoms with Gasteiger partial charge in [-0.1, -0.05) is 0 Å². The standard InChI is InChI=1S/C14H25NO5/c1-12(2,3)19-11(17)18-10(16)14(8-7-9-15-14)20-13(4,5)6/h15H,7-9H2,1-6H3/t14-/m1/s1. The van der Waals surface area contributed by atoms with Crippen LogP contribution >= 0.6 is 0 Å². The third-order valence-corrected chi connectivity index (χ3v) is 2.49. The first kappa shape index (κ1) is 16.9. The number of nitrogens with one attached hydrogen (secondary N) is 1. The van der Waals surface area contributed by atoms with Crippen LogP contribution in [0.4, 0.5) is 4.79 Å². The van der Waals surface area contributed by atoms with Gasteiger partial charge in [-0.2, -0.15) is 0 Å². The van der Waals surface area contributed by atoms with Crippen LogP contribution in [0.3, 0.4) is 0 Å². The molecule has 0 aromatic carbocycles. The first-order valence-electron chi connectivity index (χ1n) is 6.84. The maximum Gasteiger partial charge on any atom is 0.516 e. The minimum absolute atomic E-state index is 0.464. The first-order chi connectivity index (χ1) is 8.94. The highest BCUT2D eigenvalue weighted by atomic mass is 16.8. The summed E-state index contributed by atoms with van der Waals surface area (Å²) in [6, 6.07) is 0. The predicted molar refractivity (Wildman–Crippen MR) is 73.1 cm³/mol. The lowest BCUT2D eigenvalue weighted by Crippen LogP contribution is -2.55. The summed E-state index contributed by atoms with van der Waals surface area (Å²) in [6.07, 6.45) is 0.235. The van der Waals surface area contributed by atoms with Crippen molar-refractivity contribution < 1.29 is 23.8 Å². The number of esters is 1. The summed E-state index contributed by atoms with van der Waals surface area (Å²) in [5.41, 5.74) is -2.52. The minimum Gasteiger partial charge on any atom is -0.428 e. The van der Waals surface area contributed by atoms with E-state index in [2.05, 4.69) is 5.32 Å². The fourth-order valence-electron chi connectivity index (χ4n) is 1.97. The summed E-state index contributed by atoms with van der Waals surface area (Å²) in [4.78, 5) is 23.8. The second kappa shape index (κ2) is 5.69. The molecule has 0 spiro atoms. The van der Waals surface area contributed by atoms with Gasteiger partial charge in [0.1, 0.15) is 5.60 Å². The van der Waals surface area contributed by atoms with Crippen molar-refractivity contribution in [3.8, 4) is 0 Å². The summed E-state index contributed by atoms with van der Waals surface area (Å²) in [5, 5.41) is 2.99. The van der Waals surface area contributed by atoms with Crippen LogP contribution in [-0.2, 0) is 19.0 Å². The van der Waals surface area contributed by atoms with Crippen molar-refractivity contribution in [1.29, 1.82) is 0 Å². The van der Waals surface area contributed by atoms with Crippen LogP contribution in [0.25, 0.3) is 0 Å². The van der Waals surface area contributed by atoms with E-state index in [1.807, 2.05) is 20.8 Å². The van der Waals surface area contributed by atoms with Crippen LogP contribution < -0.4 is 5.32 Å². The van der Waals surface area contributed by atoms with Gasteiger partial charge in [0, 0.05) is 6.42 Å². The third-order valence-electron chi connectivity index (χ3n) is 2.49. The van der Waals surface area contributed by atoms with Gasteiger partial charge < -0.3 is 14.2 Å². The Balaban J connectivity index is 2.73. The van der Waals surface area contributed by atoms with Crippen molar-refractivity contribution in [2.24, 2.45) is 0 Å². The highest BCUT2D eigenvalue weighted by Gasteiger charge is 2.47. The van der Waals surface area contributed by atoms with Crippen molar-refractivity contribution in [2.75, 3.05) is 6.54 Å². The molecular weight excluding hydrogens is 262 g/mol. The Morgan fingerprint density at radius 2 is 1.65 bits per heavy atom. The van der Waals surface area contributed by atoms with Gasteiger partial charge in [-0.15, -0.1) is 0 Å². The van der Waals surface area contributed by atoms with Gasteiger partial charge in [-0.05, 0) is 54.5 Å². The Morgan fingerprint density at radius 3 is 2.05 bits per heavy atom. The Hall–Kier alpha value is -1.14. The lowest BCUT2D eigenvalue weighted by molar-refractivity contribution is -0.191. The average Bonchev–Trinajstić information content (AvgIpc) is 2.61. The van der Waals surface area contributed by atoms with Crippen LogP contribution in [0.2, 0.25) is 0 Å². The molecule has 0 aliphatic carbocycles. The molecule has 1 aliphatic rings. The molecule has 0 aromatic rings. The van der Waals surface area contributed by atoms with E-state index in [4.69, 9.17) is 14.2 Å². The lowest BCUT2D eigenvalue weighted by Gasteiger charge is -2.34. The maximum absolute atomic E-state index is 12.2. The second-order valence-electron chi connectivity index (χ2n) is 6.93. The molecule has 0 saturated carbocycles. The van der Waals surface area contributed by atoms with Gasteiger partial charge in [0.15, 0.2) is 0 Å². The van der Waals surface area contributed by atoms with Crippen LogP contribution in [0, 0.1) is 0 Å². The zero-order chi connectivity index (χ0) is 15.6. The minimum atomic E-state index is -1.27. The van der Waals surface area contributed by atoms with Gasteiger partial charge in [-0.3, -0.25) is 5.32 Å². The molecule has 0 aromatic heterocycles. The average molecular weight is 287 g/mol. The van der Waals surface area contributed by atoms with E-state index in [9.17, 15) is 9.59 Å². The Labute approximate surface area is 120 Å². The van der Waals surface area contributed by atoms with Gasteiger partial charge in [0.05, 0.1) is 5.60 Å². The zero-order valence-corrected chi connectivity index (χ0v) is 13.2. The van der Waals surface area contributed by atoms with Crippen molar-refractivity contribution >= 4 is 12.1 Å². The third kappa shape index (κ3) is 5.09. The van der Waals surface area contributed by atoms with E-state index in [1.165, 1.54) is 0 Å². The SMILES string of the molecule is CC(C)(C)OC(=O)OC(=O)[C@]1(OC(C)(C)C)CCCN1. The van der Waals surface area contributed by atoms with Crippen molar-refractivity contribution in [3.05, 3.63) is 0 Å². The smallest absolute Gasteiger partial charge is 0.428 e. The highest BCUT2D eigenvalue weighted by Crippen LogP contribution is 2.28. The van der Waals surface area contributed by atoms with E-state index in [1.54, 1.807) is 20.8 Å². The largest absolute Gasteiger partial charge is 0.516 e. The molecule has 1 atom stereocenters. The molecule has 0 unspecified atom stereocenters. The molecule has 1 aliphatic heterocycles. The fraction of sp³-hybridized carbons (Fsp3) is 0.857. The van der Waals surface area contributed by atoms with Crippen molar-refractivity contribution in [1.82, 2.24) is 5.32 Å². The Morgan fingerprint density at radius 1 is 1.05 bits per heavy atom. The van der Waals surface area contributed by atoms with Crippen LogP contribution in [-0.4, -0.2) is 35.6 Å². The van der Waals surface area contributed by atoms with Gasteiger partial charge in [0.25, 0.3) is 0 Å². The quantitative estimate of drug-likeness (QED) is 0.621. The number of carbonyl (C=O) groups is 2. The molecular formula is C14H25NO5. The van der Waals surface area contributed by atoms with Crippen molar-refractivity contribution in [3.63, 3.8) is 0 Å². The van der Waals surface area contributed by atoms with Gasteiger partial charge >= 0.3 is 12.1 Å². The zero-order valence-electron chi connectivity index (χ0n) is 13.2. The summed E-state index contributed by atoms with van der Waals surface area (Å²) in [6.45, 7) is 11.3. The summed E-state index contributed by atoms with van der Waals surface area (Å²) in [5.74, 6) is -0.751. The van der Waals surface area contributed by atoms with Gasteiger partial charge in [-0.25, -0.2) is 9.59 Å². The predicted octanol–water partition coefficient (Wildman–Crippen LogP) is 2.36. The molecule has 0 amide bonds. The molecule has 0 radical (unpaired) electrons. The number of ether oxygens (including phenoxy) is 3. The first-order valence-corrected chi connectivity index (χ1v) is 6.84. The fourth-order valence-corrected chi connectivity index (χ4v) is 1.97. The number of rotatable bonds is 2. The molecule has 0 bridgehead atoms. The second-order valence-corrected chi connectivity index (χ2v) is 6.93. The van der Waals surface area contributed by atoms with E-state index in [0.717, 1.165) is 6.42 Å². The summed E-state index contributed by atoms with van der Waals surface area (Å²) in [7, 11) is 0. The van der Waals surface area contributed by atoms with E-state index >= 15 is 0 Å². The maximum atomic E-state index is 12.2. The van der Waals surface area contributed by atoms with E-state index in [-0.39, 0.29) is 0 Å². The molecule has 116 valence electrons. The Bertz CT molecular complexity index is 372. The molecule has 1 fully saturated rings. The molecule has 6 heteroatoms. The Kier molecular flexibility index (Phi) is 4.82. The van der Waals surface area contributed by atoms with E-state index in [0.29, 0.717) is 13.0 Å². The van der Waals surface area contributed by atoms with Crippen LogP contribution in [0.1, 0.15) is 54.4 Å². The lowest BCUT2D eigenvalue weighted by atomic mass is 10.1. The van der Waals surface area contributed by atoms with Crippen molar-refractivity contribution in [2.45, 2.75) is 71.3 Å². The molecule has 1 rings (SSSR count). The van der Waals surface area contributed by atoms with Gasteiger partial charge in [0.2, 0.25) is 5.72 Å². The number of hydrogen-bond donors (Lipinski definition) is 1. The summed E-state index contributed by atoms with van der Waals surface area (Å²) >= 11 is 0. The molecule has 20 heavy (non-hydrogen) atoms. The number of hydrogen-bond acceptors (Lipinski definition) is 6. The number of carbonyl (C=O) groups excluding carboxylic acids is 2. The summed E-state index contributed by atoms with van der Waals surface area (Å²) < 4.78 is 15.5. The molecule has 1 saturated heterocycles. The monoisotopic (exact) mass is 287 g/mol. The molecule has 1 heterocycles. The molecule has 1 N–H and O–H groups in total. The van der Waals surface area contributed by atoms with E-state index < -0.39 is 29.1 Å². The highest BCUT2D eigenvalue weighted by molar-refractivity contribution is 5.88. The van der Waals surface area contributed by atoms with Crippen LogP contribution in [0.5, 0.6) is 0 Å². The van der Waals surface area contributed by atoms with Crippen LogP contribution in [0.15, 0.2) is 0 Å². The molecule has 6 nitrogen and oxygen atoms in total. The normalized spacial score (nSPS) is 23.5. The topological polar surface area (TPSA) is 73.9 Å².